The van der Waals surface area contributed by atoms with Crippen molar-refractivity contribution in [3.63, 3.8) is 0 Å². The number of carboxylic acids is 1. The van der Waals surface area contributed by atoms with Crippen LogP contribution in [-0.4, -0.2) is 44.9 Å². The number of aliphatic carboxylic acids is 1. The van der Waals surface area contributed by atoms with Gasteiger partial charge < -0.3 is 10.0 Å². The van der Waals surface area contributed by atoms with Crippen molar-refractivity contribution in [3.8, 4) is 0 Å². The molecule has 1 N–H and O–H groups in total. The second-order valence-electron chi connectivity index (χ2n) is 3.76. The molecule has 0 saturated carbocycles. The van der Waals surface area contributed by atoms with Gasteiger partial charge >= 0.3 is 5.97 Å². The number of fused-ring (bicyclic) bond motifs is 1. The summed E-state index contributed by atoms with van der Waals surface area (Å²) in [5.74, 6) is -1.48. The van der Waals surface area contributed by atoms with Gasteiger partial charge in [0, 0.05) is 24.7 Å². The third kappa shape index (κ3) is 2.94. The lowest BCUT2D eigenvalue weighted by Crippen LogP contribution is -2.30. The van der Waals surface area contributed by atoms with Gasteiger partial charge in [0.05, 0.1) is 5.69 Å². The molecule has 2 aromatic rings. The van der Waals surface area contributed by atoms with E-state index >= 15 is 0 Å². The number of halogens is 1. The van der Waals surface area contributed by atoms with Crippen LogP contribution in [0, 0.1) is 0 Å². The SMILES string of the molecule is CN(CC(=O)O)C(=O)/C=C/c1c(Cl)nc2sccn12. The third-order valence-corrected chi connectivity index (χ3v) is 3.42. The number of aromatic nitrogens is 2. The van der Waals surface area contributed by atoms with Crippen molar-refractivity contribution >= 4 is 45.9 Å². The van der Waals surface area contributed by atoms with Crippen LogP contribution >= 0.6 is 22.9 Å². The van der Waals surface area contributed by atoms with Gasteiger partial charge in [-0.2, -0.15) is 0 Å². The van der Waals surface area contributed by atoms with Crippen LogP contribution in [0.4, 0.5) is 0 Å². The van der Waals surface area contributed by atoms with Gasteiger partial charge in [0.25, 0.3) is 0 Å². The first-order valence-electron chi connectivity index (χ1n) is 5.25. The molecule has 0 radical (unpaired) electrons. The standard InChI is InChI=1S/C11H10ClN3O3S/c1-14(6-9(17)18)8(16)3-2-7-10(12)13-11-15(7)4-5-19-11/h2-5H,6H2,1H3,(H,17,18)/b3-2+. The van der Waals surface area contributed by atoms with Gasteiger partial charge in [-0.25, -0.2) is 4.98 Å². The van der Waals surface area contributed by atoms with Gasteiger partial charge in [0.15, 0.2) is 10.1 Å². The Morgan fingerprint density at radius 1 is 1.63 bits per heavy atom. The van der Waals surface area contributed by atoms with E-state index in [2.05, 4.69) is 4.98 Å². The number of hydrogen-bond donors (Lipinski definition) is 1. The van der Waals surface area contributed by atoms with E-state index in [-0.39, 0.29) is 6.54 Å². The molecule has 0 aliphatic carbocycles. The van der Waals surface area contributed by atoms with Crippen molar-refractivity contribution in [2.24, 2.45) is 0 Å². The molecule has 0 bridgehead atoms. The fraction of sp³-hybridized carbons (Fsp3) is 0.182. The minimum Gasteiger partial charge on any atom is -0.480 e. The predicted molar refractivity (Wildman–Crippen MR) is 72.4 cm³/mol. The highest BCUT2D eigenvalue weighted by Crippen LogP contribution is 2.22. The molecule has 0 aliphatic heterocycles. The van der Waals surface area contributed by atoms with Crippen LogP contribution in [0.1, 0.15) is 5.69 Å². The summed E-state index contributed by atoms with van der Waals surface area (Å²) in [6, 6.07) is 0. The summed E-state index contributed by atoms with van der Waals surface area (Å²) in [7, 11) is 1.42. The first-order chi connectivity index (χ1) is 8.99. The Bertz CT molecular complexity index is 661. The Labute approximate surface area is 117 Å². The number of carbonyl (C=O) groups is 2. The van der Waals surface area contributed by atoms with Crippen molar-refractivity contribution in [1.29, 1.82) is 0 Å². The molecule has 0 unspecified atom stereocenters. The maximum absolute atomic E-state index is 11.7. The van der Waals surface area contributed by atoms with E-state index in [0.29, 0.717) is 10.8 Å². The summed E-state index contributed by atoms with van der Waals surface area (Å²) in [5.41, 5.74) is 0.593. The number of thiazole rings is 1. The third-order valence-electron chi connectivity index (χ3n) is 2.39. The summed E-state index contributed by atoms with van der Waals surface area (Å²) >= 11 is 7.39. The number of likely N-dealkylation sites (N-methyl/N-ethyl adjacent to an activating group) is 1. The molecule has 2 heterocycles. The zero-order valence-electron chi connectivity index (χ0n) is 9.91. The number of hydrogen-bond acceptors (Lipinski definition) is 4. The van der Waals surface area contributed by atoms with Crippen LogP contribution in [0.5, 0.6) is 0 Å². The number of imidazole rings is 1. The second-order valence-corrected chi connectivity index (χ2v) is 5.00. The zero-order chi connectivity index (χ0) is 14.0. The Kier molecular flexibility index (Phi) is 3.87. The van der Waals surface area contributed by atoms with Crippen molar-refractivity contribution in [3.05, 3.63) is 28.5 Å². The lowest BCUT2D eigenvalue weighted by molar-refractivity contribution is -0.141. The lowest BCUT2D eigenvalue weighted by Gasteiger charge is -2.11. The molecule has 0 spiro atoms. The maximum atomic E-state index is 11.7. The number of carbonyl (C=O) groups excluding carboxylic acids is 1. The highest BCUT2D eigenvalue weighted by molar-refractivity contribution is 7.15. The van der Waals surface area contributed by atoms with Crippen LogP contribution in [-0.2, 0) is 9.59 Å². The van der Waals surface area contributed by atoms with E-state index in [1.165, 1.54) is 30.5 Å². The largest absolute Gasteiger partial charge is 0.480 e. The van der Waals surface area contributed by atoms with Crippen LogP contribution < -0.4 is 0 Å². The van der Waals surface area contributed by atoms with Crippen LogP contribution in [0.25, 0.3) is 11.0 Å². The van der Waals surface area contributed by atoms with Crippen LogP contribution in [0.3, 0.4) is 0 Å². The molecule has 1 amide bonds. The molecule has 0 fully saturated rings. The quantitative estimate of drug-likeness (QED) is 0.870. The molecule has 100 valence electrons. The predicted octanol–water partition coefficient (Wildman–Crippen LogP) is 1.61. The van der Waals surface area contributed by atoms with Crippen LogP contribution in [0.15, 0.2) is 17.7 Å². The Morgan fingerprint density at radius 2 is 2.37 bits per heavy atom. The van der Waals surface area contributed by atoms with E-state index < -0.39 is 11.9 Å². The molecule has 2 rings (SSSR count). The zero-order valence-corrected chi connectivity index (χ0v) is 11.5. The topological polar surface area (TPSA) is 74.9 Å². The van der Waals surface area contributed by atoms with E-state index in [1.54, 1.807) is 10.6 Å². The van der Waals surface area contributed by atoms with Gasteiger partial charge in [0.2, 0.25) is 5.91 Å². The monoisotopic (exact) mass is 299 g/mol. The average molecular weight is 300 g/mol. The number of rotatable bonds is 4. The molecule has 6 nitrogen and oxygen atoms in total. The summed E-state index contributed by atoms with van der Waals surface area (Å²) in [5, 5.41) is 10.7. The summed E-state index contributed by atoms with van der Waals surface area (Å²) in [4.78, 5) is 28.1. The first-order valence-corrected chi connectivity index (χ1v) is 6.51. The number of nitrogens with zero attached hydrogens (tertiary/aromatic N) is 3. The van der Waals surface area contributed by atoms with Gasteiger partial charge in [-0.05, 0) is 6.08 Å². The second kappa shape index (κ2) is 5.41. The molecule has 0 saturated heterocycles. The molecule has 0 atom stereocenters. The molecular weight excluding hydrogens is 290 g/mol. The fourth-order valence-electron chi connectivity index (χ4n) is 1.48. The van der Waals surface area contributed by atoms with E-state index in [1.807, 2.05) is 5.38 Å². The number of carboxylic acid groups (broad SMARTS) is 1. The first kappa shape index (κ1) is 13.6. The normalized spacial score (nSPS) is 11.3. The van der Waals surface area contributed by atoms with Gasteiger partial charge in [0.1, 0.15) is 6.54 Å². The summed E-state index contributed by atoms with van der Waals surface area (Å²) in [6.07, 6.45) is 4.59. The maximum Gasteiger partial charge on any atom is 0.323 e. The van der Waals surface area contributed by atoms with Gasteiger partial charge in [-0.1, -0.05) is 11.6 Å². The smallest absolute Gasteiger partial charge is 0.323 e. The minimum atomic E-state index is -1.06. The molecule has 8 heteroatoms. The highest BCUT2D eigenvalue weighted by atomic mass is 35.5. The molecule has 0 aliphatic rings. The van der Waals surface area contributed by atoms with Crippen molar-refractivity contribution in [1.82, 2.24) is 14.3 Å². The van der Waals surface area contributed by atoms with E-state index in [9.17, 15) is 9.59 Å². The van der Waals surface area contributed by atoms with Crippen LogP contribution in [0.2, 0.25) is 5.15 Å². The average Bonchev–Trinajstić information content (AvgIpc) is 2.86. The number of amides is 1. The minimum absolute atomic E-state index is 0.303. The van der Waals surface area contributed by atoms with Crippen molar-refractivity contribution < 1.29 is 14.7 Å². The Morgan fingerprint density at radius 3 is 3.05 bits per heavy atom. The van der Waals surface area contributed by atoms with E-state index in [0.717, 1.165) is 9.86 Å². The highest BCUT2D eigenvalue weighted by Gasteiger charge is 2.11. The fourth-order valence-corrected chi connectivity index (χ4v) is 2.49. The molecular formula is C11H10ClN3O3S. The van der Waals surface area contributed by atoms with E-state index in [4.69, 9.17) is 16.7 Å². The molecule has 2 aromatic heterocycles. The summed E-state index contributed by atoms with van der Waals surface area (Å²) < 4.78 is 1.76. The lowest BCUT2D eigenvalue weighted by atomic mass is 10.3. The Hall–Kier alpha value is -1.86. The molecule has 19 heavy (non-hydrogen) atoms. The van der Waals surface area contributed by atoms with Crippen molar-refractivity contribution in [2.45, 2.75) is 0 Å². The van der Waals surface area contributed by atoms with Gasteiger partial charge in [-0.15, -0.1) is 11.3 Å². The molecule has 0 aromatic carbocycles. The Balaban J connectivity index is 2.18. The van der Waals surface area contributed by atoms with Crippen molar-refractivity contribution in [2.75, 3.05) is 13.6 Å². The van der Waals surface area contributed by atoms with Gasteiger partial charge in [-0.3, -0.25) is 14.0 Å². The summed E-state index contributed by atoms with van der Waals surface area (Å²) in [6.45, 7) is -0.350.